The summed E-state index contributed by atoms with van der Waals surface area (Å²) in [7, 11) is -3.80. The number of alkyl halides is 3. The number of amides is 1. The van der Waals surface area contributed by atoms with Crippen LogP contribution in [-0.2, 0) is 16.0 Å². The largest absolute Gasteiger partial charge is 0.433 e. The number of carbonyl (C=O) groups excluding carboxylic acids is 1. The molecule has 12 heteroatoms. The predicted molar refractivity (Wildman–Crippen MR) is 118 cm³/mol. The average molecular weight is 497 g/mol. The Bertz CT molecular complexity index is 1330. The first-order valence-electron chi connectivity index (χ1n) is 10.6. The quantitative estimate of drug-likeness (QED) is 0.555. The minimum atomic E-state index is -4.72. The lowest BCUT2D eigenvalue weighted by Crippen LogP contribution is -2.20. The molecule has 0 bridgehead atoms. The van der Waals surface area contributed by atoms with Gasteiger partial charge in [0.05, 0.1) is 22.1 Å². The van der Waals surface area contributed by atoms with Gasteiger partial charge in [-0.1, -0.05) is 6.07 Å². The monoisotopic (exact) mass is 496 g/mol. The summed E-state index contributed by atoms with van der Waals surface area (Å²) < 4.78 is 65.4. The van der Waals surface area contributed by atoms with Gasteiger partial charge in [0.2, 0.25) is 0 Å². The normalized spacial score (nSPS) is 19.3. The fourth-order valence-electron chi connectivity index (χ4n) is 4.16. The molecule has 2 N–H and O–H groups in total. The fraction of sp³-hybridized carbons (Fsp3) is 0.409. The molecule has 2 heterocycles. The number of hydrogen-bond donors (Lipinski definition) is 2. The molecule has 1 amide bonds. The summed E-state index contributed by atoms with van der Waals surface area (Å²) in [4.78, 5) is 15.8. The van der Waals surface area contributed by atoms with E-state index in [0.717, 1.165) is 50.1 Å². The summed E-state index contributed by atoms with van der Waals surface area (Å²) in [5.74, 6) is -0.700. The standard InChI is InChI=1S/C22H23F3N4O4S/c1-34(32,33)19-10-17-14(11-29(28-17)15-7-5-13(12-30)6-8-15)9-18(19)27-21(31)16-3-2-4-20(26-16)22(23,24)25/h2-4,9-11,13,15,30H,5-8,12H2,1H3,(H,27,31). The van der Waals surface area contributed by atoms with E-state index >= 15 is 0 Å². The first kappa shape index (κ1) is 24.1. The maximum atomic E-state index is 13.0. The van der Waals surface area contributed by atoms with Crippen molar-refractivity contribution in [2.24, 2.45) is 5.92 Å². The number of sulfone groups is 1. The van der Waals surface area contributed by atoms with Crippen LogP contribution in [0.4, 0.5) is 18.9 Å². The molecule has 1 fully saturated rings. The molecule has 1 aromatic carbocycles. The van der Waals surface area contributed by atoms with Gasteiger partial charge in [0.15, 0.2) is 9.84 Å². The van der Waals surface area contributed by atoms with Crippen LogP contribution in [0.25, 0.3) is 10.9 Å². The number of carbonyl (C=O) groups is 1. The van der Waals surface area contributed by atoms with Crippen LogP contribution >= 0.6 is 0 Å². The van der Waals surface area contributed by atoms with Crippen LogP contribution in [0.1, 0.15) is 47.9 Å². The number of aromatic nitrogens is 3. The summed E-state index contributed by atoms with van der Waals surface area (Å²) in [6.45, 7) is 0.148. The highest BCUT2D eigenvalue weighted by molar-refractivity contribution is 7.90. The number of fused-ring (bicyclic) bond motifs is 1. The summed E-state index contributed by atoms with van der Waals surface area (Å²) in [5, 5.41) is 16.8. The molecule has 182 valence electrons. The highest BCUT2D eigenvalue weighted by atomic mass is 32.2. The summed E-state index contributed by atoms with van der Waals surface area (Å²) >= 11 is 0. The van der Waals surface area contributed by atoms with Gasteiger partial charge in [-0.2, -0.15) is 18.3 Å². The number of halogens is 3. The van der Waals surface area contributed by atoms with Crippen molar-refractivity contribution >= 4 is 32.3 Å². The number of rotatable bonds is 5. The van der Waals surface area contributed by atoms with Gasteiger partial charge in [0, 0.05) is 24.4 Å². The first-order chi connectivity index (χ1) is 16.0. The Morgan fingerprint density at radius 1 is 1.21 bits per heavy atom. The van der Waals surface area contributed by atoms with Crippen molar-refractivity contribution in [2.75, 3.05) is 18.2 Å². The van der Waals surface area contributed by atoms with E-state index in [9.17, 15) is 31.5 Å². The van der Waals surface area contributed by atoms with Crippen molar-refractivity contribution in [3.63, 3.8) is 0 Å². The second-order valence-corrected chi connectivity index (χ2v) is 10.5. The maximum absolute atomic E-state index is 13.0. The van der Waals surface area contributed by atoms with Gasteiger partial charge in [-0.15, -0.1) is 0 Å². The Morgan fingerprint density at radius 2 is 1.91 bits per heavy atom. The number of pyridine rings is 1. The Morgan fingerprint density at radius 3 is 2.53 bits per heavy atom. The zero-order valence-electron chi connectivity index (χ0n) is 18.2. The molecule has 0 unspecified atom stereocenters. The van der Waals surface area contributed by atoms with Crippen LogP contribution in [0.2, 0.25) is 0 Å². The van der Waals surface area contributed by atoms with Crippen molar-refractivity contribution in [1.29, 1.82) is 0 Å². The average Bonchev–Trinajstić information content (AvgIpc) is 3.20. The smallest absolute Gasteiger partial charge is 0.396 e. The van der Waals surface area contributed by atoms with Crippen LogP contribution in [0.5, 0.6) is 0 Å². The molecule has 1 aliphatic rings. The van der Waals surface area contributed by atoms with Crippen molar-refractivity contribution in [3.8, 4) is 0 Å². The lowest BCUT2D eigenvalue weighted by Gasteiger charge is -2.27. The van der Waals surface area contributed by atoms with Crippen LogP contribution in [0.15, 0.2) is 41.4 Å². The maximum Gasteiger partial charge on any atom is 0.433 e. The zero-order valence-corrected chi connectivity index (χ0v) is 19.0. The van der Waals surface area contributed by atoms with E-state index in [-0.39, 0.29) is 29.1 Å². The first-order valence-corrected chi connectivity index (χ1v) is 12.5. The van der Waals surface area contributed by atoms with Gasteiger partial charge in [0.25, 0.3) is 5.91 Å². The molecule has 0 atom stereocenters. The van der Waals surface area contributed by atoms with Gasteiger partial charge in [0.1, 0.15) is 11.4 Å². The molecular formula is C22H23F3N4O4S. The summed E-state index contributed by atoms with van der Waals surface area (Å²) in [5.41, 5.74) is -1.37. The van der Waals surface area contributed by atoms with Gasteiger partial charge in [-0.25, -0.2) is 13.4 Å². The van der Waals surface area contributed by atoms with Crippen LogP contribution in [0.3, 0.4) is 0 Å². The van der Waals surface area contributed by atoms with Crippen LogP contribution in [0, 0.1) is 5.92 Å². The number of anilines is 1. The second-order valence-electron chi connectivity index (χ2n) is 8.51. The number of nitrogens with zero attached hydrogens (tertiary/aromatic N) is 3. The minimum absolute atomic E-state index is 0.0669. The number of hydrogen-bond acceptors (Lipinski definition) is 6. The molecule has 1 aliphatic carbocycles. The van der Waals surface area contributed by atoms with Gasteiger partial charge >= 0.3 is 6.18 Å². The topological polar surface area (TPSA) is 114 Å². The third kappa shape index (κ3) is 5.07. The third-order valence-corrected chi connectivity index (χ3v) is 7.13. The minimum Gasteiger partial charge on any atom is -0.396 e. The number of nitrogens with one attached hydrogen (secondary N) is 1. The number of aliphatic hydroxyl groups is 1. The van der Waals surface area contributed by atoms with E-state index in [1.54, 1.807) is 10.9 Å². The molecule has 34 heavy (non-hydrogen) atoms. The Balaban J connectivity index is 1.67. The molecule has 0 radical (unpaired) electrons. The van der Waals surface area contributed by atoms with Crippen molar-refractivity contribution in [1.82, 2.24) is 14.8 Å². The van der Waals surface area contributed by atoms with Gasteiger partial charge < -0.3 is 10.4 Å². The van der Waals surface area contributed by atoms with Crippen LogP contribution in [-0.4, -0.2) is 47.1 Å². The van der Waals surface area contributed by atoms with E-state index < -0.39 is 33.3 Å². The van der Waals surface area contributed by atoms with Crippen LogP contribution < -0.4 is 5.32 Å². The molecule has 1 saturated carbocycles. The predicted octanol–water partition coefficient (Wildman–Crippen LogP) is 3.83. The SMILES string of the molecule is CS(=O)(=O)c1cc2nn(C3CCC(CO)CC3)cc2cc1NC(=O)c1cccc(C(F)(F)F)n1. The summed E-state index contributed by atoms with van der Waals surface area (Å²) in [6.07, 6.45) is 1.36. The molecular weight excluding hydrogens is 473 g/mol. The van der Waals surface area contributed by atoms with E-state index in [0.29, 0.717) is 10.9 Å². The molecule has 4 rings (SSSR count). The van der Waals surface area contributed by atoms with E-state index in [4.69, 9.17) is 0 Å². The molecule has 0 aliphatic heterocycles. The molecule has 8 nitrogen and oxygen atoms in total. The number of benzene rings is 1. The fourth-order valence-corrected chi connectivity index (χ4v) is 5.00. The highest BCUT2D eigenvalue weighted by Gasteiger charge is 2.33. The van der Waals surface area contributed by atoms with Crippen molar-refractivity contribution in [3.05, 3.63) is 47.9 Å². The molecule has 0 spiro atoms. The van der Waals surface area contributed by atoms with Crippen molar-refractivity contribution in [2.45, 2.75) is 42.8 Å². The molecule has 3 aromatic rings. The second kappa shape index (κ2) is 8.99. The Labute approximate surface area is 193 Å². The third-order valence-electron chi connectivity index (χ3n) is 5.99. The Kier molecular flexibility index (Phi) is 6.38. The highest BCUT2D eigenvalue weighted by Crippen LogP contribution is 2.34. The molecule has 0 saturated heterocycles. The van der Waals surface area contributed by atoms with Gasteiger partial charge in [-0.3, -0.25) is 9.48 Å². The zero-order chi connectivity index (χ0) is 24.7. The lowest BCUT2D eigenvalue weighted by molar-refractivity contribution is -0.141. The van der Waals surface area contributed by atoms with E-state index in [2.05, 4.69) is 15.4 Å². The Hall–Kier alpha value is -2.99. The van der Waals surface area contributed by atoms with E-state index in [1.165, 1.54) is 12.1 Å². The van der Waals surface area contributed by atoms with Gasteiger partial charge in [-0.05, 0) is 55.9 Å². The molecule has 2 aromatic heterocycles. The van der Waals surface area contributed by atoms with Crippen molar-refractivity contribution < 1.29 is 31.5 Å². The number of aliphatic hydroxyl groups excluding tert-OH is 1. The summed E-state index contributed by atoms with van der Waals surface area (Å²) in [6, 6.07) is 5.80. The lowest BCUT2D eigenvalue weighted by atomic mass is 9.87. The van der Waals surface area contributed by atoms with E-state index in [1.807, 2.05) is 0 Å².